The molecule has 0 aromatic heterocycles. The molecule has 1 unspecified atom stereocenters. The van der Waals surface area contributed by atoms with E-state index < -0.39 is 10.0 Å². The summed E-state index contributed by atoms with van der Waals surface area (Å²) in [6.45, 7) is 2.65. The number of benzene rings is 1. The van der Waals surface area contributed by atoms with E-state index in [2.05, 4.69) is 31.3 Å². The number of hydrogen-bond acceptors (Lipinski definition) is 5. The maximum atomic E-state index is 12.1. The number of halogens is 1. The Morgan fingerprint density at radius 3 is 2.70 bits per heavy atom. The smallest absolute Gasteiger partial charge is 0.213 e. The van der Waals surface area contributed by atoms with Crippen LogP contribution >= 0.6 is 24.0 Å². The fourth-order valence-electron chi connectivity index (χ4n) is 3.69. The molecule has 1 saturated carbocycles. The van der Waals surface area contributed by atoms with Crippen molar-refractivity contribution in [3.8, 4) is 5.75 Å². The molecule has 1 atom stereocenters. The minimum absolute atomic E-state index is 0. The summed E-state index contributed by atoms with van der Waals surface area (Å²) >= 11 is 0. The number of anilines is 1. The van der Waals surface area contributed by atoms with E-state index in [0.29, 0.717) is 25.0 Å². The minimum Gasteiger partial charge on any atom is -0.495 e. The van der Waals surface area contributed by atoms with Crippen molar-refractivity contribution in [2.45, 2.75) is 31.7 Å². The summed E-state index contributed by atoms with van der Waals surface area (Å²) in [6, 6.07) is 8.25. The van der Waals surface area contributed by atoms with Gasteiger partial charge in [0.1, 0.15) is 5.75 Å². The van der Waals surface area contributed by atoms with Crippen molar-refractivity contribution in [1.29, 1.82) is 0 Å². The number of aliphatic imine (C=N–C) groups is 1. The van der Waals surface area contributed by atoms with E-state index in [-0.39, 0.29) is 35.8 Å². The van der Waals surface area contributed by atoms with Crippen LogP contribution in [0.15, 0.2) is 29.3 Å². The highest BCUT2D eigenvalue weighted by atomic mass is 127. The highest BCUT2D eigenvalue weighted by Gasteiger charge is 2.25. The number of sulfonamides is 1. The lowest BCUT2D eigenvalue weighted by Gasteiger charge is -2.25. The van der Waals surface area contributed by atoms with Gasteiger partial charge in [-0.25, -0.2) is 13.1 Å². The second-order valence-corrected chi connectivity index (χ2v) is 9.64. The zero-order valence-electron chi connectivity index (χ0n) is 17.8. The van der Waals surface area contributed by atoms with Crippen LogP contribution in [0.5, 0.6) is 5.75 Å². The molecule has 1 aliphatic carbocycles. The van der Waals surface area contributed by atoms with Gasteiger partial charge in [0.15, 0.2) is 5.96 Å². The first-order valence-corrected chi connectivity index (χ1v) is 12.0. The first-order valence-electron chi connectivity index (χ1n) is 10.3. The first kappa shape index (κ1) is 25.0. The van der Waals surface area contributed by atoms with Crippen molar-refractivity contribution in [3.05, 3.63) is 24.3 Å². The van der Waals surface area contributed by atoms with Crippen LogP contribution in [-0.4, -0.2) is 66.5 Å². The standard InChI is InChI=1S/C20H33N5O3S.HI/c1-21-20(22-11-13-29(26,27)23-14-16-6-5-7-16)24-17-10-12-25(15-17)18-8-3-4-9-19(18)28-2;/h3-4,8-9,16-17,23H,5-7,10-15H2,1-2H3,(H2,21,22,24);1H. The highest BCUT2D eigenvalue weighted by molar-refractivity contribution is 14.0. The summed E-state index contributed by atoms with van der Waals surface area (Å²) in [4.78, 5) is 6.53. The summed E-state index contributed by atoms with van der Waals surface area (Å²) in [7, 11) is 0.132. The van der Waals surface area contributed by atoms with Gasteiger partial charge in [-0.15, -0.1) is 24.0 Å². The van der Waals surface area contributed by atoms with Crippen molar-refractivity contribution in [2.75, 3.05) is 51.0 Å². The Morgan fingerprint density at radius 2 is 2.03 bits per heavy atom. The highest BCUT2D eigenvalue weighted by Crippen LogP contribution is 2.30. The van der Waals surface area contributed by atoms with Gasteiger partial charge in [-0.1, -0.05) is 18.6 Å². The van der Waals surface area contributed by atoms with Crippen molar-refractivity contribution < 1.29 is 13.2 Å². The van der Waals surface area contributed by atoms with Gasteiger partial charge in [-0.2, -0.15) is 0 Å². The van der Waals surface area contributed by atoms with E-state index in [4.69, 9.17) is 4.74 Å². The molecule has 10 heteroatoms. The molecular formula is C20H34IN5O3S. The Bertz CT molecular complexity index is 801. The number of methoxy groups -OCH3 is 1. The number of nitrogens with zero attached hydrogens (tertiary/aromatic N) is 2. The predicted molar refractivity (Wildman–Crippen MR) is 133 cm³/mol. The van der Waals surface area contributed by atoms with Crippen molar-refractivity contribution in [1.82, 2.24) is 15.4 Å². The van der Waals surface area contributed by atoms with Gasteiger partial charge < -0.3 is 20.3 Å². The average Bonchev–Trinajstić information content (AvgIpc) is 3.14. The molecule has 1 heterocycles. The average molecular weight is 551 g/mol. The maximum Gasteiger partial charge on any atom is 0.213 e. The van der Waals surface area contributed by atoms with Gasteiger partial charge in [0, 0.05) is 39.3 Å². The Hall–Kier alpha value is -1.27. The molecule has 3 N–H and O–H groups in total. The summed E-state index contributed by atoms with van der Waals surface area (Å²) in [6.07, 6.45) is 4.45. The third-order valence-electron chi connectivity index (χ3n) is 5.66. The number of para-hydroxylation sites is 2. The molecular weight excluding hydrogens is 517 g/mol. The molecule has 1 aliphatic heterocycles. The molecule has 1 aromatic carbocycles. The Morgan fingerprint density at radius 1 is 1.27 bits per heavy atom. The molecule has 0 spiro atoms. The molecule has 3 rings (SSSR count). The van der Waals surface area contributed by atoms with Gasteiger partial charge in [0.05, 0.1) is 18.6 Å². The van der Waals surface area contributed by atoms with Crippen molar-refractivity contribution in [2.24, 2.45) is 10.9 Å². The van der Waals surface area contributed by atoms with Crippen LogP contribution in [0.25, 0.3) is 0 Å². The molecule has 30 heavy (non-hydrogen) atoms. The van der Waals surface area contributed by atoms with Crippen LogP contribution < -0.4 is 25.0 Å². The monoisotopic (exact) mass is 551 g/mol. The second kappa shape index (κ2) is 11.9. The van der Waals surface area contributed by atoms with E-state index in [1.807, 2.05) is 18.2 Å². The van der Waals surface area contributed by atoms with Gasteiger partial charge in [0.25, 0.3) is 0 Å². The quantitative estimate of drug-likeness (QED) is 0.246. The van der Waals surface area contributed by atoms with Gasteiger partial charge >= 0.3 is 0 Å². The Labute approximate surface area is 197 Å². The zero-order chi connectivity index (χ0) is 20.7. The fourth-order valence-corrected chi connectivity index (χ4v) is 4.70. The number of ether oxygens (including phenoxy) is 1. The number of guanidine groups is 1. The maximum absolute atomic E-state index is 12.1. The van der Waals surface area contributed by atoms with Gasteiger partial charge in [-0.05, 0) is 37.3 Å². The van der Waals surface area contributed by atoms with E-state index in [0.717, 1.165) is 43.8 Å². The molecule has 0 bridgehead atoms. The normalized spacial score (nSPS) is 19.7. The molecule has 1 saturated heterocycles. The number of rotatable bonds is 9. The van der Waals surface area contributed by atoms with Gasteiger partial charge in [0.2, 0.25) is 10.0 Å². The van der Waals surface area contributed by atoms with Crippen molar-refractivity contribution >= 4 is 45.6 Å². The van der Waals surface area contributed by atoms with Crippen LogP contribution in [0.4, 0.5) is 5.69 Å². The predicted octanol–water partition coefficient (Wildman–Crippen LogP) is 1.78. The lowest BCUT2D eigenvalue weighted by molar-refractivity contribution is 0.316. The van der Waals surface area contributed by atoms with Crippen molar-refractivity contribution in [3.63, 3.8) is 0 Å². The summed E-state index contributed by atoms with van der Waals surface area (Å²) in [5.74, 6) is 2.06. The van der Waals surface area contributed by atoms with E-state index in [9.17, 15) is 8.42 Å². The second-order valence-electron chi connectivity index (χ2n) is 7.71. The van der Waals surface area contributed by atoms with Crippen LogP contribution in [0.2, 0.25) is 0 Å². The number of hydrogen-bond donors (Lipinski definition) is 3. The van der Waals surface area contributed by atoms with Crippen LogP contribution in [0.1, 0.15) is 25.7 Å². The molecule has 0 radical (unpaired) electrons. The first-order chi connectivity index (χ1) is 14.0. The molecule has 2 aliphatic rings. The van der Waals surface area contributed by atoms with E-state index in [1.165, 1.54) is 6.42 Å². The molecule has 1 aromatic rings. The third-order valence-corrected chi connectivity index (χ3v) is 7.01. The Kier molecular flexibility index (Phi) is 9.95. The van der Waals surface area contributed by atoms with Crippen LogP contribution in [-0.2, 0) is 10.0 Å². The SMILES string of the molecule is CN=C(NCCS(=O)(=O)NCC1CCC1)NC1CCN(c2ccccc2OC)C1.I. The topological polar surface area (TPSA) is 95.1 Å². The molecule has 0 amide bonds. The largest absolute Gasteiger partial charge is 0.495 e. The molecule has 170 valence electrons. The zero-order valence-corrected chi connectivity index (χ0v) is 20.9. The summed E-state index contributed by atoms with van der Waals surface area (Å²) in [5, 5.41) is 6.52. The molecule has 8 nitrogen and oxygen atoms in total. The van der Waals surface area contributed by atoms with Crippen LogP contribution in [0, 0.1) is 5.92 Å². The van der Waals surface area contributed by atoms with Crippen LogP contribution in [0.3, 0.4) is 0 Å². The fraction of sp³-hybridized carbons (Fsp3) is 0.650. The summed E-state index contributed by atoms with van der Waals surface area (Å²) < 4.78 is 32.4. The third kappa shape index (κ3) is 7.16. The lowest BCUT2D eigenvalue weighted by atomic mass is 9.86. The van der Waals surface area contributed by atoms with Gasteiger partial charge in [-0.3, -0.25) is 4.99 Å². The summed E-state index contributed by atoms with van der Waals surface area (Å²) in [5.41, 5.74) is 1.09. The Balaban J connectivity index is 0.00000320. The van der Waals surface area contributed by atoms with E-state index >= 15 is 0 Å². The lowest BCUT2D eigenvalue weighted by Crippen LogP contribution is -2.46. The number of nitrogens with one attached hydrogen (secondary N) is 3. The molecule has 2 fully saturated rings. The van der Waals surface area contributed by atoms with E-state index in [1.54, 1.807) is 14.2 Å². The minimum atomic E-state index is -3.25.